The van der Waals surface area contributed by atoms with Crippen molar-refractivity contribution in [3.8, 4) is 0 Å². The van der Waals surface area contributed by atoms with Gasteiger partial charge in [-0.15, -0.1) is 11.3 Å². The van der Waals surface area contributed by atoms with Crippen molar-refractivity contribution >= 4 is 33.3 Å². The standard InChI is InChI=1S/C19H28N2OS2/c1-3-5-7-8-13-23-19-20-17-16(14-10-9-11-15(14)24-17)18(22)21(19)12-6-4-2/h3-13H2,1-2H3. The molecular weight excluding hydrogens is 336 g/mol. The van der Waals surface area contributed by atoms with Gasteiger partial charge in [-0.2, -0.15) is 0 Å². The Hall–Kier alpha value is -0.810. The van der Waals surface area contributed by atoms with Gasteiger partial charge >= 0.3 is 0 Å². The maximum absolute atomic E-state index is 13.1. The number of aryl methyl sites for hydroxylation is 2. The summed E-state index contributed by atoms with van der Waals surface area (Å²) >= 11 is 3.53. The molecule has 2 aromatic rings. The molecular formula is C19H28N2OS2. The average molecular weight is 365 g/mol. The fraction of sp³-hybridized carbons (Fsp3) is 0.684. The van der Waals surface area contributed by atoms with Crippen LogP contribution in [0.1, 0.15) is 69.2 Å². The molecule has 0 unspecified atom stereocenters. The van der Waals surface area contributed by atoms with Crippen LogP contribution in [0, 0.1) is 0 Å². The lowest BCUT2D eigenvalue weighted by Crippen LogP contribution is -2.23. The molecule has 132 valence electrons. The normalized spacial score (nSPS) is 13.8. The SMILES string of the molecule is CCCCCCSc1nc2sc3c(c2c(=O)n1CCCC)CCC3. The van der Waals surface area contributed by atoms with E-state index in [0.717, 1.165) is 53.4 Å². The zero-order valence-corrected chi connectivity index (χ0v) is 16.5. The van der Waals surface area contributed by atoms with Crippen molar-refractivity contribution < 1.29 is 0 Å². The highest BCUT2D eigenvalue weighted by molar-refractivity contribution is 7.99. The average Bonchev–Trinajstić information content (AvgIpc) is 3.14. The van der Waals surface area contributed by atoms with E-state index in [-0.39, 0.29) is 5.56 Å². The van der Waals surface area contributed by atoms with Crippen LogP contribution >= 0.6 is 23.1 Å². The molecule has 0 aromatic carbocycles. The molecule has 0 saturated carbocycles. The molecule has 0 fully saturated rings. The summed E-state index contributed by atoms with van der Waals surface area (Å²) in [5.74, 6) is 1.06. The molecule has 0 N–H and O–H groups in total. The number of hydrogen-bond donors (Lipinski definition) is 0. The Morgan fingerprint density at radius 2 is 1.96 bits per heavy atom. The molecule has 1 aliphatic rings. The first-order valence-electron chi connectivity index (χ1n) is 9.44. The molecule has 1 aliphatic carbocycles. The predicted molar refractivity (Wildman–Crippen MR) is 106 cm³/mol. The molecule has 24 heavy (non-hydrogen) atoms. The number of hydrogen-bond acceptors (Lipinski definition) is 4. The summed E-state index contributed by atoms with van der Waals surface area (Å²) in [4.78, 5) is 20.4. The summed E-state index contributed by atoms with van der Waals surface area (Å²) in [6.07, 6.45) is 10.6. The summed E-state index contributed by atoms with van der Waals surface area (Å²) in [5.41, 5.74) is 1.51. The van der Waals surface area contributed by atoms with Crippen LogP contribution in [0.25, 0.3) is 10.2 Å². The van der Waals surface area contributed by atoms with Crippen LogP contribution in [0.15, 0.2) is 9.95 Å². The third-order valence-corrected chi connectivity index (χ3v) is 7.00. The molecule has 0 saturated heterocycles. The van der Waals surface area contributed by atoms with Crippen LogP contribution in [0.4, 0.5) is 0 Å². The van der Waals surface area contributed by atoms with Crippen molar-refractivity contribution in [1.29, 1.82) is 0 Å². The predicted octanol–water partition coefficient (Wildman–Crippen LogP) is 5.42. The highest BCUT2D eigenvalue weighted by atomic mass is 32.2. The summed E-state index contributed by atoms with van der Waals surface area (Å²) in [6.45, 7) is 5.22. The molecule has 0 spiro atoms. The highest BCUT2D eigenvalue weighted by Crippen LogP contribution is 2.35. The molecule has 5 heteroatoms. The van der Waals surface area contributed by atoms with Crippen molar-refractivity contribution in [2.75, 3.05) is 5.75 Å². The maximum Gasteiger partial charge on any atom is 0.263 e. The number of fused-ring (bicyclic) bond motifs is 3. The van der Waals surface area contributed by atoms with Gasteiger partial charge in [-0.3, -0.25) is 9.36 Å². The van der Waals surface area contributed by atoms with Crippen LogP contribution in [-0.2, 0) is 19.4 Å². The van der Waals surface area contributed by atoms with Gasteiger partial charge in [-0.25, -0.2) is 4.98 Å². The third-order valence-electron chi connectivity index (χ3n) is 4.75. The van der Waals surface area contributed by atoms with E-state index in [0.29, 0.717) is 0 Å². The molecule has 3 nitrogen and oxygen atoms in total. The largest absolute Gasteiger partial charge is 0.287 e. The molecule has 0 amide bonds. The van der Waals surface area contributed by atoms with Gasteiger partial charge in [0.1, 0.15) is 4.83 Å². The monoisotopic (exact) mass is 364 g/mol. The van der Waals surface area contributed by atoms with Crippen LogP contribution < -0.4 is 5.56 Å². The topological polar surface area (TPSA) is 34.9 Å². The number of aromatic nitrogens is 2. The van der Waals surface area contributed by atoms with E-state index in [1.165, 1.54) is 42.5 Å². The van der Waals surface area contributed by atoms with Crippen LogP contribution in [0.5, 0.6) is 0 Å². The van der Waals surface area contributed by atoms with E-state index < -0.39 is 0 Å². The zero-order chi connectivity index (χ0) is 16.9. The van der Waals surface area contributed by atoms with E-state index in [1.54, 1.807) is 23.1 Å². The molecule has 2 aromatic heterocycles. The maximum atomic E-state index is 13.1. The van der Waals surface area contributed by atoms with Gasteiger partial charge in [0, 0.05) is 17.2 Å². The van der Waals surface area contributed by atoms with E-state index in [2.05, 4.69) is 13.8 Å². The quantitative estimate of drug-likeness (QED) is 0.338. The number of unbranched alkanes of at least 4 members (excludes halogenated alkanes) is 4. The second-order valence-electron chi connectivity index (χ2n) is 6.65. The van der Waals surface area contributed by atoms with Crippen molar-refractivity contribution in [2.45, 2.75) is 83.3 Å². The second-order valence-corrected chi connectivity index (χ2v) is 8.80. The first-order chi connectivity index (χ1) is 11.8. The van der Waals surface area contributed by atoms with Gasteiger partial charge in [-0.05, 0) is 37.7 Å². The summed E-state index contributed by atoms with van der Waals surface area (Å²) < 4.78 is 1.96. The number of rotatable bonds is 9. The van der Waals surface area contributed by atoms with Crippen molar-refractivity contribution in [2.24, 2.45) is 0 Å². The fourth-order valence-corrected chi connectivity index (χ4v) is 5.70. The van der Waals surface area contributed by atoms with Crippen LogP contribution in [0.2, 0.25) is 0 Å². The second kappa shape index (κ2) is 8.52. The smallest absolute Gasteiger partial charge is 0.263 e. The zero-order valence-electron chi connectivity index (χ0n) is 14.9. The fourth-order valence-electron chi connectivity index (χ4n) is 3.37. The molecule has 3 rings (SSSR count). The number of thiophene rings is 1. The van der Waals surface area contributed by atoms with Crippen molar-refractivity contribution in [3.63, 3.8) is 0 Å². The van der Waals surface area contributed by atoms with Gasteiger partial charge < -0.3 is 0 Å². The molecule has 2 heterocycles. The Kier molecular flexibility index (Phi) is 6.39. The Labute approximate surface area is 152 Å². The number of nitrogens with zero attached hydrogens (tertiary/aromatic N) is 2. The van der Waals surface area contributed by atoms with Gasteiger partial charge in [0.05, 0.1) is 5.39 Å². The minimum atomic E-state index is 0.212. The van der Waals surface area contributed by atoms with Gasteiger partial charge in [0.25, 0.3) is 5.56 Å². The van der Waals surface area contributed by atoms with Gasteiger partial charge in [0.15, 0.2) is 5.16 Å². The van der Waals surface area contributed by atoms with Crippen LogP contribution in [0.3, 0.4) is 0 Å². The van der Waals surface area contributed by atoms with Crippen molar-refractivity contribution in [1.82, 2.24) is 9.55 Å². The first kappa shape index (κ1) is 18.0. The van der Waals surface area contributed by atoms with E-state index in [9.17, 15) is 4.79 Å². The minimum absolute atomic E-state index is 0.212. The summed E-state index contributed by atoms with van der Waals surface area (Å²) in [7, 11) is 0. The van der Waals surface area contributed by atoms with Gasteiger partial charge in [-0.1, -0.05) is 51.3 Å². The first-order valence-corrected chi connectivity index (χ1v) is 11.2. The lowest BCUT2D eigenvalue weighted by Gasteiger charge is -2.12. The summed E-state index contributed by atoms with van der Waals surface area (Å²) in [5, 5.41) is 1.87. The Balaban J connectivity index is 1.89. The molecule has 0 radical (unpaired) electrons. The van der Waals surface area contributed by atoms with E-state index >= 15 is 0 Å². The van der Waals surface area contributed by atoms with Gasteiger partial charge in [0.2, 0.25) is 0 Å². The Morgan fingerprint density at radius 3 is 2.75 bits per heavy atom. The highest BCUT2D eigenvalue weighted by Gasteiger charge is 2.23. The lowest BCUT2D eigenvalue weighted by molar-refractivity contribution is 0.557. The molecule has 0 aliphatic heterocycles. The summed E-state index contributed by atoms with van der Waals surface area (Å²) in [6, 6.07) is 0. The third kappa shape index (κ3) is 3.72. The Morgan fingerprint density at radius 1 is 1.12 bits per heavy atom. The Bertz CT molecular complexity index is 748. The van der Waals surface area contributed by atoms with E-state index in [1.807, 2.05) is 4.57 Å². The molecule has 0 atom stereocenters. The molecule has 0 bridgehead atoms. The van der Waals surface area contributed by atoms with Crippen molar-refractivity contribution in [3.05, 3.63) is 20.8 Å². The number of thioether (sulfide) groups is 1. The minimum Gasteiger partial charge on any atom is -0.287 e. The van der Waals surface area contributed by atoms with E-state index in [4.69, 9.17) is 4.98 Å². The van der Waals surface area contributed by atoms with Crippen LogP contribution in [-0.4, -0.2) is 15.3 Å². The lowest BCUT2D eigenvalue weighted by atomic mass is 10.2.